The molecule has 180 valence electrons. The Balaban J connectivity index is 1.45. The molecule has 2 aromatic carbocycles. The zero-order chi connectivity index (χ0) is 24.2. The number of carbonyl (C=O) groups is 2. The molecule has 0 spiro atoms. The number of aromatic amines is 1. The molecule has 0 saturated carbocycles. The smallest absolute Gasteiger partial charge is 0.254 e. The first kappa shape index (κ1) is 22.4. The van der Waals surface area contributed by atoms with Gasteiger partial charge in [-0.15, -0.1) is 0 Å². The Labute approximate surface area is 210 Å². The van der Waals surface area contributed by atoms with E-state index in [4.69, 9.17) is 11.6 Å². The molecule has 5 nitrogen and oxygen atoms in total. The van der Waals surface area contributed by atoms with Gasteiger partial charge in [-0.3, -0.25) is 9.59 Å². The number of halogens is 1. The normalized spacial score (nSPS) is 24.4. The standard InChI is InChI=1S/C29H30ClN3O2/c1-29-27-26(21-12-6-8-14-24(21)31-27)22(20-11-5-7-13-23(20)30)17-33(29)25(34)18-32(28(29)35)16-15-19-9-3-2-4-10-19/h5-9,11-14,22,31H,2-4,10,15-18H2,1H3/t22-,29+/m1/s1. The number of hydrogen-bond donors (Lipinski definition) is 1. The van der Waals surface area contributed by atoms with Gasteiger partial charge in [0.2, 0.25) is 5.91 Å². The summed E-state index contributed by atoms with van der Waals surface area (Å²) in [6.07, 6.45) is 7.84. The molecule has 2 atom stereocenters. The topological polar surface area (TPSA) is 56.4 Å². The molecule has 1 N–H and O–H groups in total. The average molecular weight is 488 g/mol. The van der Waals surface area contributed by atoms with Crippen LogP contribution < -0.4 is 0 Å². The number of nitrogens with zero attached hydrogens (tertiary/aromatic N) is 2. The maximum absolute atomic E-state index is 14.1. The fourth-order valence-corrected chi connectivity index (χ4v) is 6.57. The summed E-state index contributed by atoms with van der Waals surface area (Å²) in [5.74, 6) is -0.122. The number of fused-ring (bicyclic) bond motifs is 5. The summed E-state index contributed by atoms with van der Waals surface area (Å²) in [6, 6.07) is 16.0. The largest absolute Gasteiger partial charge is 0.356 e. The van der Waals surface area contributed by atoms with Gasteiger partial charge in [-0.25, -0.2) is 0 Å². The van der Waals surface area contributed by atoms with Gasteiger partial charge in [0, 0.05) is 34.9 Å². The number of benzene rings is 2. The first-order valence-corrected chi connectivity index (χ1v) is 13.0. The van der Waals surface area contributed by atoms with E-state index < -0.39 is 5.54 Å². The molecule has 2 aliphatic heterocycles. The van der Waals surface area contributed by atoms with Gasteiger partial charge < -0.3 is 14.8 Å². The van der Waals surface area contributed by atoms with Gasteiger partial charge in [-0.05, 0) is 62.3 Å². The number of para-hydroxylation sites is 1. The van der Waals surface area contributed by atoms with Gasteiger partial charge in [0.15, 0.2) is 5.54 Å². The van der Waals surface area contributed by atoms with Crippen LogP contribution in [0.15, 0.2) is 60.2 Å². The molecule has 0 unspecified atom stereocenters. The molecule has 0 bridgehead atoms. The maximum Gasteiger partial charge on any atom is 0.254 e. The van der Waals surface area contributed by atoms with Gasteiger partial charge >= 0.3 is 0 Å². The van der Waals surface area contributed by atoms with Gasteiger partial charge in [0.25, 0.3) is 5.91 Å². The monoisotopic (exact) mass is 487 g/mol. The summed E-state index contributed by atoms with van der Waals surface area (Å²) in [4.78, 5) is 34.8. The van der Waals surface area contributed by atoms with Crippen molar-refractivity contribution in [3.8, 4) is 0 Å². The van der Waals surface area contributed by atoms with Crippen molar-refractivity contribution in [3.05, 3.63) is 82.0 Å². The molecule has 1 saturated heterocycles. The minimum absolute atomic E-state index is 0.000996. The summed E-state index contributed by atoms with van der Waals surface area (Å²) in [7, 11) is 0. The Kier molecular flexibility index (Phi) is 5.48. The summed E-state index contributed by atoms with van der Waals surface area (Å²) in [5, 5.41) is 1.76. The van der Waals surface area contributed by atoms with Crippen LogP contribution in [-0.2, 0) is 15.1 Å². The van der Waals surface area contributed by atoms with Crippen molar-refractivity contribution in [3.63, 3.8) is 0 Å². The van der Waals surface area contributed by atoms with Crippen molar-refractivity contribution >= 4 is 34.3 Å². The fourth-order valence-electron chi connectivity index (χ4n) is 6.31. The molecule has 1 fully saturated rings. The van der Waals surface area contributed by atoms with Crippen molar-refractivity contribution in [2.24, 2.45) is 0 Å². The Morgan fingerprint density at radius 2 is 1.89 bits per heavy atom. The highest BCUT2D eigenvalue weighted by atomic mass is 35.5. The number of allylic oxidation sites excluding steroid dienone is 1. The quantitative estimate of drug-likeness (QED) is 0.477. The molecule has 1 aromatic heterocycles. The lowest BCUT2D eigenvalue weighted by Gasteiger charge is -2.51. The van der Waals surface area contributed by atoms with Gasteiger partial charge in [0.05, 0.1) is 12.2 Å². The molecule has 3 heterocycles. The maximum atomic E-state index is 14.1. The number of piperazine rings is 1. The van der Waals surface area contributed by atoms with Crippen molar-refractivity contribution in [2.45, 2.75) is 50.5 Å². The first-order chi connectivity index (χ1) is 17.0. The van der Waals surface area contributed by atoms with Crippen LogP contribution in [0.4, 0.5) is 0 Å². The molecule has 35 heavy (non-hydrogen) atoms. The summed E-state index contributed by atoms with van der Waals surface area (Å²) < 4.78 is 0. The summed E-state index contributed by atoms with van der Waals surface area (Å²) in [5.41, 5.74) is 4.19. The summed E-state index contributed by atoms with van der Waals surface area (Å²) >= 11 is 6.66. The van der Waals surface area contributed by atoms with E-state index in [1.807, 2.05) is 49.4 Å². The number of aromatic nitrogens is 1. The van der Waals surface area contributed by atoms with Crippen LogP contribution >= 0.6 is 11.6 Å². The Morgan fingerprint density at radius 1 is 1.09 bits per heavy atom. The molecular formula is C29H30ClN3O2. The third-order valence-corrected chi connectivity index (χ3v) is 8.53. The van der Waals surface area contributed by atoms with Crippen molar-refractivity contribution in [2.75, 3.05) is 19.6 Å². The van der Waals surface area contributed by atoms with Gasteiger partial charge in [-0.1, -0.05) is 59.6 Å². The predicted octanol–water partition coefficient (Wildman–Crippen LogP) is 5.74. The lowest BCUT2D eigenvalue weighted by molar-refractivity contribution is -0.166. The van der Waals surface area contributed by atoms with Gasteiger partial charge in [-0.2, -0.15) is 0 Å². The second-order valence-corrected chi connectivity index (χ2v) is 10.6. The average Bonchev–Trinajstić information content (AvgIpc) is 3.28. The van der Waals surface area contributed by atoms with Crippen molar-refractivity contribution in [1.82, 2.24) is 14.8 Å². The first-order valence-electron chi connectivity index (χ1n) is 12.6. The Hall–Kier alpha value is -3.05. The van der Waals surface area contributed by atoms with Crippen LogP contribution in [0.3, 0.4) is 0 Å². The number of H-pyrrole nitrogens is 1. The van der Waals surface area contributed by atoms with E-state index in [1.165, 1.54) is 18.4 Å². The molecule has 1 aliphatic carbocycles. The number of hydrogen-bond acceptors (Lipinski definition) is 2. The molecule has 6 heteroatoms. The second kappa shape index (κ2) is 8.56. The fraction of sp³-hybridized carbons (Fsp3) is 0.379. The van der Waals surface area contributed by atoms with E-state index in [1.54, 1.807) is 9.80 Å². The van der Waals surface area contributed by atoms with Gasteiger partial charge in [0.1, 0.15) is 0 Å². The van der Waals surface area contributed by atoms with Crippen LogP contribution in [0.1, 0.15) is 61.8 Å². The zero-order valence-corrected chi connectivity index (χ0v) is 20.8. The lowest BCUT2D eigenvalue weighted by Crippen LogP contribution is -2.67. The van der Waals surface area contributed by atoms with Crippen LogP contribution in [0.25, 0.3) is 10.9 Å². The van der Waals surface area contributed by atoms with E-state index in [-0.39, 0.29) is 24.3 Å². The Morgan fingerprint density at radius 3 is 2.69 bits per heavy atom. The van der Waals surface area contributed by atoms with Crippen molar-refractivity contribution < 1.29 is 9.59 Å². The third-order valence-electron chi connectivity index (χ3n) is 8.19. The lowest BCUT2D eigenvalue weighted by atomic mass is 9.76. The molecule has 2 amide bonds. The minimum Gasteiger partial charge on any atom is -0.356 e. The van der Waals surface area contributed by atoms with Crippen LogP contribution in [0.5, 0.6) is 0 Å². The number of rotatable bonds is 4. The zero-order valence-electron chi connectivity index (χ0n) is 20.0. The Bertz CT molecular complexity index is 1360. The molecule has 3 aromatic rings. The SMILES string of the molecule is C[C@]12C(=O)N(CCC3=CCCCC3)CC(=O)N1C[C@H](c1ccccc1Cl)c1c2[nH]c2ccccc12. The molecule has 6 rings (SSSR count). The van der Waals surface area contributed by atoms with E-state index >= 15 is 0 Å². The highest BCUT2D eigenvalue weighted by molar-refractivity contribution is 6.31. The highest BCUT2D eigenvalue weighted by Crippen LogP contribution is 2.49. The van der Waals surface area contributed by atoms with E-state index in [0.717, 1.165) is 47.0 Å². The molecule has 0 radical (unpaired) electrons. The van der Waals surface area contributed by atoms with E-state index in [9.17, 15) is 9.59 Å². The van der Waals surface area contributed by atoms with Crippen molar-refractivity contribution in [1.29, 1.82) is 0 Å². The second-order valence-electron chi connectivity index (χ2n) is 10.2. The predicted molar refractivity (Wildman–Crippen MR) is 138 cm³/mol. The number of nitrogens with one attached hydrogen (secondary N) is 1. The van der Waals surface area contributed by atoms with Crippen LogP contribution in [0.2, 0.25) is 5.02 Å². The van der Waals surface area contributed by atoms with E-state index in [2.05, 4.69) is 17.1 Å². The molecule has 3 aliphatic rings. The third kappa shape index (κ3) is 3.51. The molecular weight excluding hydrogens is 458 g/mol. The van der Waals surface area contributed by atoms with Crippen LogP contribution in [0, 0.1) is 0 Å². The highest BCUT2D eigenvalue weighted by Gasteiger charge is 2.56. The minimum atomic E-state index is -1.07. The van der Waals surface area contributed by atoms with Crippen LogP contribution in [-0.4, -0.2) is 46.2 Å². The number of amides is 2. The van der Waals surface area contributed by atoms with E-state index in [0.29, 0.717) is 18.1 Å². The number of carbonyl (C=O) groups excluding carboxylic acids is 2. The summed E-state index contributed by atoms with van der Waals surface area (Å²) in [6.45, 7) is 3.06.